The lowest BCUT2D eigenvalue weighted by Gasteiger charge is -2.15. The first-order valence-corrected chi connectivity index (χ1v) is 8.49. The maximum absolute atomic E-state index is 13.6. The Morgan fingerprint density at radius 3 is 2.93 bits per heavy atom. The van der Waals surface area contributed by atoms with Gasteiger partial charge in [-0.2, -0.15) is 4.98 Å². The van der Waals surface area contributed by atoms with Crippen LogP contribution in [0.25, 0.3) is 16.7 Å². The van der Waals surface area contributed by atoms with Gasteiger partial charge < -0.3 is 10.3 Å². The summed E-state index contributed by atoms with van der Waals surface area (Å²) in [5.41, 5.74) is 0.521. The fraction of sp³-hybridized carbons (Fsp3) is 0.111. The van der Waals surface area contributed by atoms with E-state index in [0.29, 0.717) is 28.2 Å². The number of fused-ring (bicyclic) bond motifs is 1. The number of hydrogen-bond acceptors (Lipinski definition) is 5. The molecule has 7 nitrogen and oxygen atoms in total. The number of aromatic nitrogens is 5. The van der Waals surface area contributed by atoms with Gasteiger partial charge in [0.25, 0.3) is 5.56 Å². The maximum Gasteiger partial charge on any atom is 0.253 e. The quantitative estimate of drug-likeness (QED) is 0.562. The van der Waals surface area contributed by atoms with Crippen LogP contribution in [0.3, 0.4) is 0 Å². The molecule has 0 aliphatic rings. The minimum absolute atomic E-state index is 0.00234. The second kappa shape index (κ2) is 6.81. The molecule has 0 spiro atoms. The lowest BCUT2D eigenvalue weighted by molar-refractivity contribution is 0.629. The van der Waals surface area contributed by atoms with Crippen molar-refractivity contribution in [3.8, 4) is 5.82 Å². The van der Waals surface area contributed by atoms with Crippen molar-refractivity contribution in [1.29, 1.82) is 0 Å². The van der Waals surface area contributed by atoms with Gasteiger partial charge in [0.05, 0.1) is 16.6 Å². The van der Waals surface area contributed by atoms with Gasteiger partial charge in [-0.1, -0.05) is 11.6 Å². The summed E-state index contributed by atoms with van der Waals surface area (Å²) in [5.74, 6) is 0.431. The van der Waals surface area contributed by atoms with Crippen molar-refractivity contribution in [2.24, 2.45) is 0 Å². The Balaban J connectivity index is 1.66. The van der Waals surface area contributed by atoms with E-state index in [1.165, 1.54) is 12.1 Å². The molecule has 0 saturated carbocycles. The first kappa shape index (κ1) is 17.2. The summed E-state index contributed by atoms with van der Waals surface area (Å²) < 4.78 is 15.3. The van der Waals surface area contributed by atoms with E-state index in [4.69, 9.17) is 11.6 Å². The summed E-state index contributed by atoms with van der Waals surface area (Å²) in [6.07, 6.45) is 6.67. The van der Waals surface area contributed by atoms with Gasteiger partial charge in [0, 0.05) is 29.5 Å². The van der Waals surface area contributed by atoms with Gasteiger partial charge in [0.15, 0.2) is 0 Å². The Bertz CT molecular complexity index is 1170. The first-order chi connectivity index (χ1) is 13.0. The van der Waals surface area contributed by atoms with Crippen LogP contribution < -0.4 is 10.9 Å². The Kier molecular flexibility index (Phi) is 4.33. The van der Waals surface area contributed by atoms with Gasteiger partial charge in [-0.15, -0.1) is 0 Å². The molecule has 1 atom stereocenters. The number of imidazole rings is 1. The Labute approximate surface area is 157 Å². The average Bonchev–Trinajstić information content (AvgIpc) is 3.17. The SMILES string of the molecule is C[C@H](Nc1nccc(-n2ccnc2)n1)c1cc2cc(Cl)c(F)cc2[nH]c1=O. The molecule has 136 valence electrons. The van der Waals surface area contributed by atoms with Crippen molar-refractivity contribution in [3.05, 3.63) is 75.9 Å². The lowest BCUT2D eigenvalue weighted by atomic mass is 10.1. The second-order valence-electron chi connectivity index (χ2n) is 5.98. The van der Waals surface area contributed by atoms with Crippen LogP contribution in [0.1, 0.15) is 18.5 Å². The molecular formula is C18H14ClFN6O. The van der Waals surface area contributed by atoms with Gasteiger partial charge >= 0.3 is 0 Å². The molecule has 3 heterocycles. The Morgan fingerprint density at radius 1 is 1.30 bits per heavy atom. The highest BCUT2D eigenvalue weighted by molar-refractivity contribution is 6.31. The number of anilines is 1. The molecule has 1 aromatic carbocycles. The Hall–Kier alpha value is -3.26. The molecule has 4 aromatic rings. The molecular weight excluding hydrogens is 371 g/mol. The number of halogens is 2. The molecule has 0 radical (unpaired) electrons. The van der Waals surface area contributed by atoms with Crippen molar-refractivity contribution >= 4 is 28.5 Å². The number of nitrogens with one attached hydrogen (secondary N) is 2. The summed E-state index contributed by atoms with van der Waals surface area (Å²) in [7, 11) is 0. The van der Waals surface area contributed by atoms with Crippen molar-refractivity contribution < 1.29 is 4.39 Å². The molecule has 0 amide bonds. The van der Waals surface area contributed by atoms with Crippen LogP contribution in [0, 0.1) is 5.82 Å². The fourth-order valence-electron chi connectivity index (χ4n) is 2.77. The van der Waals surface area contributed by atoms with Gasteiger partial charge in [-0.05, 0) is 31.2 Å². The fourth-order valence-corrected chi connectivity index (χ4v) is 2.94. The van der Waals surface area contributed by atoms with Crippen LogP contribution in [0.2, 0.25) is 5.02 Å². The standard InChI is InChI=1S/C18H14ClFN6O/c1-10(23-18-22-3-2-16(25-18)26-5-4-21-9-26)12-6-11-7-13(19)14(20)8-15(11)24-17(12)27/h2-10H,1H3,(H,24,27)(H,22,23,25)/t10-/m0/s1. The topological polar surface area (TPSA) is 88.5 Å². The van der Waals surface area contributed by atoms with Gasteiger partial charge in [-0.3, -0.25) is 9.36 Å². The number of benzene rings is 1. The van der Waals surface area contributed by atoms with E-state index in [2.05, 4.69) is 25.3 Å². The van der Waals surface area contributed by atoms with Gasteiger partial charge in [0.2, 0.25) is 5.95 Å². The Morgan fingerprint density at radius 2 is 2.15 bits per heavy atom. The van der Waals surface area contributed by atoms with Crippen molar-refractivity contribution in [3.63, 3.8) is 0 Å². The number of aromatic amines is 1. The van der Waals surface area contributed by atoms with Crippen LogP contribution >= 0.6 is 11.6 Å². The zero-order valence-electron chi connectivity index (χ0n) is 14.1. The number of rotatable bonds is 4. The summed E-state index contributed by atoms with van der Waals surface area (Å²) in [6.45, 7) is 1.81. The molecule has 27 heavy (non-hydrogen) atoms. The highest BCUT2D eigenvalue weighted by atomic mass is 35.5. The average molecular weight is 385 g/mol. The highest BCUT2D eigenvalue weighted by Gasteiger charge is 2.14. The van der Waals surface area contributed by atoms with Crippen LogP contribution in [0.15, 0.2) is 54.0 Å². The van der Waals surface area contributed by atoms with E-state index in [0.717, 1.165) is 0 Å². The first-order valence-electron chi connectivity index (χ1n) is 8.11. The van der Waals surface area contributed by atoms with Crippen molar-refractivity contribution in [2.75, 3.05) is 5.32 Å². The van der Waals surface area contributed by atoms with Crippen LogP contribution in [0.4, 0.5) is 10.3 Å². The van der Waals surface area contributed by atoms with Crippen LogP contribution in [-0.4, -0.2) is 24.5 Å². The normalized spacial score (nSPS) is 12.3. The third-order valence-electron chi connectivity index (χ3n) is 4.14. The summed E-state index contributed by atoms with van der Waals surface area (Å²) >= 11 is 5.85. The molecule has 0 fully saturated rings. The molecule has 0 saturated heterocycles. The molecule has 9 heteroatoms. The molecule has 0 aliphatic heterocycles. The smallest absolute Gasteiger partial charge is 0.253 e. The maximum atomic E-state index is 13.6. The van der Waals surface area contributed by atoms with E-state index in [-0.39, 0.29) is 16.6 Å². The predicted octanol–water partition coefficient (Wildman–Crippen LogP) is 3.47. The summed E-state index contributed by atoms with van der Waals surface area (Å²) in [5, 5.41) is 3.74. The zero-order valence-corrected chi connectivity index (χ0v) is 14.9. The van der Waals surface area contributed by atoms with E-state index < -0.39 is 5.82 Å². The summed E-state index contributed by atoms with van der Waals surface area (Å²) in [6, 6.07) is 5.72. The van der Waals surface area contributed by atoms with E-state index >= 15 is 0 Å². The number of H-pyrrole nitrogens is 1. The number of nitrogens with zero attached hydrogens (tertiary/aromatic N) is 4. The van der Waals surface area contributed by atoms with Gasteiger partial charge in [0.1, 0.15) is 18.0 Å². The minimum atomic E-state index is -0.580. The number of pyridine rings is 1. The van der Waals surface area contributed by atoms with E-state index in [1.807, 2.05) is 6.92 Å². The molecule has 0 unspecified atom stereocenters. The largest absolute Gasteiger partial charge is 0.347 e. The van der Waals surface area contributed by atoms with Crippen LogP contribution in [-0.2, 0) is 0 Å². The number of hydrogen-bond donors (Lipinski definition) is 2. The van der Waals surface area contributed by atoms with Crippen LogP contribution in [0.5, 0.6) is 0 Å². The third kappa shape index (κ3) is 3.39. The molecule has 0 aliphatic carbocycles. The molecule has 4 rings (SSSR count). The molecule has 2 N–H and O–H groups in total. The van der Waals surface area contributed by atoms with E-state index in [1.54, 1.807) is 41.6 Å². The predicted molar refractivity (Wildman–Crippen MR) is 101 cm³/mol. The molecule has 3 aromatic heterocycles. The molecule has 0 bridgehead atoms. The lowest BCUT2D eigenvalue weighted by Crippen LogP contribution is -2.20. The zero-order chi connectivity index (χ0) is 19.0. The second-order valence-corrected chi connectivity index (χ2v) is 6.39. The highest BCUT2D eigenvalue weighted by Crippen LogP contribution is 2.23. The van der Waals surface area contributed by atoms with Crippen molar-refractivity contribution in [2.45, 2.75) is 13.0 Å². The van der Waals surface area contributed by atoms with E-state index in [9.17, 15) is 9.18 Å². The van der Waals surface area contributed by atoms with Crippen molar-refractivity contribution in [1.82, 2.24) is 24.5 Å². The van der Waals surface area contributed by atoms with Gasteiger partial charge in [-0.25, -0.2) is 14.4 Å². The minimum Gasteiger partial charge on any atom is -0.347 e. The monoisotopic (exact) mass is 384 g/mol. The summed E-state index contributed by atoms with van der Waals surface area (Å²) in [4.78, 5) is 27.7. The third-order valence-corrected chi connectivity index (χ3v) is 4.43.